The molecule has 1 aromatic rings. The van der Waals surface area contributed by atoms with Crippen LogP contribution >= 0.6 is 0 Å². The van der Waals surface area contributed by atoms with Crippen molar-refractivity contribution >= 4 is 5.82 Å². The number of nitro groups is 1. The first-order valence-corrected chi connectivity index (χ1v) is 2.75. The highest BCUT2D eigenvalue weighted by molar-refractivity contribution is 5.15. The number of aryl methyl sites for hydroxylation is 2. The zero-order valence-corrected chi connectivity index (χ0v) is 5.74. The molecule has 0 N–H and O–H groups in total. The summed E-state index contributed by atoms with van der Waals surface area (Å²) in [5.41, 5.74) is 0. The Hall–Kier alpha value is -1.39. The van der Waals surface area contributed by atoms with Crippen LogP contribution in [0.15, 0.2) is 6.20 Å². The Labute approximate surface area is 57.5 Å². The largest absolute Gasteiger partial charge is 0.381 e. The lowest BCUT2D eigenvalue weighted by atomic mass is 10.7. The maximum absolute atomic E-state index is 10.1. The average molecular weight is 141 g/mol. The highest BCUT2D eigenvalue weighted by atomic mass is 16.6. The summed E-state index contributed by atoms with van der Waals surface area (Å²) in [6.07, 6.45) is 1.38. The second-order valence-corrected chi connectivity index (χ2v) is 2.01. The Bertz CT molecular complexity index is 246. The number of hydrogen-bond acceptors (Lipinski definition) is 3. The van der Waals surface area contributed by atoms with E-state index in [0.717, 1.165) is 0 Å². The lowest BCUT2D eigenvalue weighted by Gasteiger charge is -1.83. The third-order valence-corrected chi connectivity index (χ3v) is 1.28. The van der Waals surface area contributed by atoms with E-state index >= 15 is 0 Å². The molecule has 5 heteroatoms. The molecule has 0 unspecified atom stereocenters. The number of aromatic nitrogens is 2. The molecule has 0 atom stereocenters. The molecule has 0 spiro atoms. The number of imidazole rings is 1. The quantitative estimate of drug-likeness (QED) is 0.425. The van der Waals surface area contributed by atoms with Crippen LogP contribution in [0.4, 0.5) is 5.82 Å². The van der Waals surface area contributed by atoms with Gasteiger partial charge in [0.25, 0.3) is 0 Å². The summed E-state index contributed by atoms with van der Waals surface area (Å²) in [5.74, 6) is 0.548. The molecule has 10 heavy (non-hydrogen) atoms. The molecule has 1 aromatic heterocycles. The van der Waals surface area contributed by atoms with Crippen molar-refractivity contribution in [1.82, 2.24) is 9.55 Å². The molecular weight excluding hydrogens is 134 g/mol. The van der Waals surface area contributed by atoms with Crippen LogP contribution in [-0.4, -0.2) is 14.5 Å². The molecular formula is C5H7N3O2. The standard InChI is InChI=1S/C5H7N3O2/c1-4-6-5(8(9)10)3-7(4)2/h3H,1-2H3. The smallest absolute Gasteiger partial charge is 0.358 e. The van der Waals surface area contributed by atoms with Crippen molar-refractivity contribution < 1.29 is 4.92 Å². The number of rotatable bonds is 1. The van der Waals surface area contributed by atoms with Gasteiger partial charge in [-0.3, -0.25) is 0 Å². The van der Waals surface area contributed by atoms with Gasteiger partial charge in [0.15, 0.2) is 0 Å². The van der Waals surface area contributed by atoms with E-state index in [-0.39, 0.29) is 5.82 Å². The maximum Gasteiger partial charge on any atom is 0.381 e. The molecule has 0 amide bonds. The van der Waals surface area contributed by atoms with Gasteiger partial charge in [-0.25, -0.2) is 0 Å². The SMILES string of the molecule is Cc1nc([N+](=O)[O-])cn1C. The highest BCUT2D eigenvalue weighted by Gasteiger charge is 2.11. The molecule has 54 valence electrons. The van der Waals surface area contributed by atoms with E-state index in [1.165, 1.54) is 6.20 Å². The minimum Gasteiger partial charge on any atom is -0.358 e. The lowest BCUT2D eigenvalue weighted by molar-refractivity contribution is -0.389. The van der Waals surface area contributed by atoms with Crippen molar-refractivity contribution in [3.8, 4) is 0 Å². The fraction of sp³-hybridized carbons (Fsp3) is 0.400. The molecule has 1 rings (SSSR count). The van der Waals surface area contributed by atoms with Gasteiger partial charge in [-0.05, 0) is 9.91 Å². The van der Waals surface area contributed by atoms with Crippen molar-refractivity contribution in [3.63, 3.8) is 0 Å². The molecule has 0 aliphatic carbocycles. The van der Waals surface area contributed by atoms with E-state index in [1.54, 1.807) is 18.5 Å². The summed E-state index contributed by atoms with van der Waals surface area (Å²) in [7, 11) is 1.72. The third kappa shape index (κ3) is 0.975. The first-order valence-electron chi connectivity index (χ1n) is 2.75. The Kier molecular flexibility index (Phi) is 1.41. The second-order valence-electron chi connectivity index (χ2n) is 2.01. The first-order chi connectivity index (χ1) is 4.61. The highest BCUT2D eigenvalue weighted by Crippen LogP contribution is 2.07. The molecule has 0 aliphatic heterocycles. The van der Waals surface area contributed by atoms with Gasteiger partial charge >= 0.3 is 5.82 Å². The van der Waals surface area contributed by atoms with Crippen LogP contribution in [0.3, 0.4) is 0 Å². The summed E-state index contributed by atoms with van der Waals surface area (Å²) in [6, 6.07) is 0. The Balaban J connectivity index is 3.10. The summed E-state index contributed by atoms with van der Waals surface area (Å²) < 4.78 is 1.61. The summed E-state index contributed by atoms with van der Waals surface area (Å²) in [5, 5.41) is 10.1. The van der Waals surface area contributed by atoms with Gasteiger partial charge in [-0.15, -0.1) is 0 Å². The zero-order chi connectivity index (χ0) is 7.72. The monoisotopic (exact) mass is 141 g/mol. The van der Waals surface area contributed by atoms with Gasteiger partial charge < -0.3 is 14.7 Å². The molecule has 0 bridgehead atoms. The van der Waals surface area contributed by atoms with Crippen LogP contribution in [0.2, 0.25) is 0 Å². The summed E-state index contributed by atoms with van der Waals surface area (Å²) >= 11 is 0. The van der Waals surface area contributed by atoms with Crippen LogP contribution in [0, 0.1) is 17.0 Å². The third-order valence-electron chi connectivity index (χ3n) is 1.28. The van der Waals surface area contributed by atoms with E-state index in [1.807, 2.05) is 0 Å². The van der Waals surface area contributed by atoms with Gasteiger partial charge in [0.05, 0.1) is 0 Å². The summed E-state index contributed by atoms with van der Waals surface area (Å²) in [4.78, 5) is 13.3. The Morgan fingerprint density at radius 2 is 2.40 bits per heavy atom. The molecule has 0 saturated carbocycles. The van der Waals surface area contributed by atoms with E-state index in [9.17, 15) is 10.1 Å². The molecule has 0 radical (unpaired) electrons. The number of hydrogen-bond donors (Lipinski definition) is 0. The van der Waals surface area contributed by atoms with Crippen molar-refractivity contribution in [2.45, 2.75) is 6.92 Å². The van der Waals surface area contributed by atoms with Crippen LogP contribution in [0.25, 0.3) is 0 Å². The predicted octanol–water partition coefficient (Wildman–Crippen LogP) is 0.637. The normalized spacial score (nSPS) is 9.80. The van der Waals surface area contributed by atoms with Gasteiger partial charge in [-0.2, -0.15) is 0 Å². The van der Waals surface area contributed by atoms with E-state index < -0.39 is 4.92 Å². The average Bonchev–Trinajstić information content (AvgIpc) is 2.13. The second kappa shape index (κ2) is 2.09. The minimum absolute atomic E-state index is 0.0972. The molecule has 5 nitrogen and oxygen atoms in total. The van der Waals surface area contributed by atoms with Crippen LogP contribution in [0.5, 0.6) is 0 Å². The first kappa shape index (κ1) is 6.73. The number of nitrogens with zero attached hydrogens (tertiary/aromatic N) is 3. The van der Waals surface area contributed by atoms with Gasteiger partial charge in [0.1, 0.15) is 6.20 Å². The summed E-state index contributed by atoms with van der Waals surface area (Å²) in [6.45, 7) is 1.72. The Morgan fingerprint density at radius 3 is 2.60 bits per heavy atom. The molecule has 0 fully saturated rings. The van der Waals surface area contributed by atoms with E-state index in [2.05, 4.69) is 4.98 Å². The van der Waals surface area contributed by atoms with Crippen molar-refractivity contribution in [2.75, 3.05) is 0 Å². The lowest BCUT2D eigenvalue weighted by Crippen LogP contribution is -1.86. The van der Waals surface area contributed by atoms with Crippen LogP contribution < -0.4 is 0 Å². The van der Waals surface area contributed by atoms with Crippen molar-refractivity contribution in [1.29, 1.82) is 0 Å². The van der Waals surface area contributed by atoms with Crippen molar-refractivity contribution in [3.05, 3.63) is 22.1 Å². The van der Waals surface area contributed by atoms with Crippen LogP contribution in [0.1, 0.15) is 5.82 Å². The van der Waals surface area contributed by atoms with E-state index in [4.69, 9.17) is 0 Å². The zero-order valence-electron chi connectivity index (χ0n) is 5.74. The fourth-order valence-corrected chi connectivity index (χ4v) is 0.628. The molecule has 0 aromatic carbocycles. The molecule has 0 saturated heterocycles. The molecule has 1 heterocycles. The van der Waals surface area contributed by atoms with Gasteiger partial charge in [0.2, 0.25) is 5.82 Å². The van der Waals surface area contributed by atoms with Crippen molar-refractivity contribution in [2.24, 2.45) is 7.05 Å². The Morgan fingerprint density at radius 1 is 1.80 bits per heavy atom. The van der Waals surface area contributed by atoms with Gasteiger partial charge in [0, 0.05) is 14.0 Å². The van der Waals surface area contributed by atoms with Gasteiger partial charge in [-0.1, -0.05) is 0 Å². The van der Waals surface area contributed by atoms with Crippen LogP contribution in [-0.2, 0) is 7.05 Å². The topological polar surface area (TPSA) is 61.0 Å². The molecule has 0 aliphatic rings. The van der Waals surface area contributed by atoms with E-state index in [0.29, 0.717) is 5.82 Å². The predicted molar refractivity (Wildman–Crippen MR) is 34.6 cm³/mol. The maximum atomic E-state index is 10.1. The minimum atomic E-state index is -0.507. The fourth-order valence-electron chi connectivity index (χ4n) is 0.628.